The molecule has 2 atom stereocenters. The van der Waals surface area contributed by atoms with Crippen LogP contribution >= 0.6 is 0 Å². The van der Waals surface area contributed by atoms with Gasteiger partial charge < -0.3 is 10.5 Å². The van der Waals surface area contributed by atoms with Crippen LogP contribution in [0.25, 0.3) is 10.4 Å². The van der Waals surface area contributed by atoms with Crippen LogP contribution in [0.4, 0.5) is 0 Å². The molecule has 0 aliphatic carbocycles. The molecule has 84 valence electrons. The van der Waals surface area contributed by atoms with Crippen LogP contribution < -0.4 is 5.32 Å². The average Bonchev–Trinajstić information content (AvgIpc) is 2.27. The van der Waals surface area contributed by atoms with Gasteiger partial charge in [0.1, 0.15) is 0 Å². The lowest BCUT2D eigenvalue weighted by Gasteiger charge is -2.19. The third-order valence-corrected chi connectivity index (χ3v) is 2.27. The molecule has 0 bridgehead atoms. The molecule has 0 aromatic carbocycles. The SMILES string of the molecule is CCC(C)C(C(=O)NC)/C(N=[N+]=[N-])=N/O. The summed E-state index contributed by atoms with van der Waals surface area (Å²) in [6.45, 7) is 3.71. The number of hydrogen-bond acceptors (Lipinski definition) is 3. The zero-order valence-electron chi connectivity index (χ0n) is 9.01. The van der Waals surface area contributed by atoms with Crippen LogP contribution in [0.5, 0.6) is 0 Å². The molecule has 0 fully saturated rings. The van der Waals surface area contributed by atoms with Gasteiger partial charge in [-0.05, 0) is 16.6 Å². The Kier molecular flexibility index (Phi) is 5.89. The summed E-state index contributed by atoms with van der Waals surface area (Å²) in [6, 6.07) is 0. The maximum absolute atomic E-state index is 11.5. The van der Waals surface area contributed by atoms with Crippen LogP contribution in [-0.2, 0) is 4.79 Å². The van der Waals surface area contributed by atoms with Crippen molar-refractivity contribution in [2.24, 2.45) is 22.1 Å². The highest BCUT2D eigenvalue weighted by Crippen LogP contribution is 2.18. The number of carbonyl (C=O) groups is 1. The van der Waals surface area contributed by atoms with Crippen molar-refractivity contribution in [1.29, 1.82) is 0 Å². The van der Waals surface area contributed by atoms with Crippen molar-refractivity contribution in [2.45, 2.75) is 20.3 Å². The van der Waals surface area contributed by atoms with Gasteiger partial charge in [0, 0.05) is 12.0 Å². The van der Waals surface area contributed by atoms with E-state index in [0.29, 0.717) is 6.42 Å². The Morgan fingerprint density at radius 2 is 2.27 bits per heavy atom. The number of amidine groups is 1. The third-order valence-electron chi connectivity index (χ3n) is 2.27. The number of amides is 1. The highest BCUT2D eigenvalue weighted by molar-refractivity contribution is 6.03. The minimum atomic E-state index is -0.721. The van der Waals surface area contributed by atoms with Gasteiger partial charge in [-0.25, -0.2) is 0 Å². The van der Waals surface area contributed by atoms with Crippen LogP contribution in [-0.4, -0.2) is 24.0 Å². The largest absolute Gasteiger partial charge is 0.411 e. The standard InChI is InChI=1S/C8H15N5O2/c1-4-5(2)6(8(14)10-3)7(12-15)11-13-9/h5-6,15H,4H2,1-3H3,(H,10,14)/b12-7-. The van der Waals surface area contributed by atoms with E-state index in [2.05, 4.69) is 20.5 Å². The molecular weight excluding hydrogens is 198 g/mol. The van der Waals surface area contributed by atoms with E-state index in [9.17, 15) is 4.79 Å². The lowest BCUT2D eigenvalue weighted by Crippen LogP contribution is -2.36. The number of nitrogens with zero attached hydrogens (tertiary/aromatic N) is 4. The molecule has 15 heavy (non-hydrogen) atoms. The molecule has 0 radical (unpaired) electrons. The Labute approximate surface area is 87.8 Å². The van der Waals surface area contributed by atoms with Crippen molar-refractivity contribution in [3.63, 3.8) is 0 Å². The Balaban J connectivity index is 5.07. The molecule has 0 aromatic rings. The van der Waals surface area contributed by atoms with E-state index >= 15 is 0 Å². The molecule has 0 saturated heterocycles. The fourth-order valence-electron chi connectivity index (χ4n) is 1.21. The molecule has 1 amide bonds. The second-order valence-electron chi connectivity index (χ2n) is 3.13. The van der Waals surface area contributed by atoms with Gasteiger partial charge in [0.25, 0.3) is 0 Å². The van der Waals surface area contributed by atoms with Crippen LogP contribution in [0.1, 0.15) is 20.3 Å². The second kappa shape index (κ2) is 6.67. The molecule has 2 N–H and O–H groups in total. The van der Waals surface area contributed by atoms with E-state index in [-0.39, 0.29) is 17.7 Å². The first-order valence-electron chi connectivity index (χ1n) is 4.60. The fraction of sp³-hybridized carbons (Fsp3) is 0.750. The Hall–Kier alpha value is -1.75. The molecule has 7 heteroatoms. The summed E-state index contributed by atoms with van der Waals surface area (Å²) in [5, 5.41) is 17.2. The van der Waals surface area contributed by atoms with Gasteiger partial charge in [-0.3, -0.25) is 4.79 Å². The highest BCUT2D eigenvalue weighted by atomic mass is 16.4. The van der Waals surface area contributed by atoms with Crippen molar-refractivity contribution in [3.05, 3.63) is 10.4 Å². The van der Waals surface area contributed by atoms with Gasteiger partial charge in [0.05, 0.1) is 5.92 Å². The molecule has 2 unspecified atom stereocenters. The van der Waals surface area contributed by atoms with E-state index in [1.165, 1.54) is 7.05 Å². The summed E-state index contributed by atoms with van der Waals surface area (Å²) in [5.74, 6) is -1.32. The van der Waals surface area contributed by atoms with E-state index in [1.54, 1.807) is 0 Å². The maximum atomic E-state index is 11.5. The van der Waals surface area contributed by atoms with E-state index < -0.39 is 5.92 Å². The van der Waals surface area contributed by atoms with E-state index in [1.807, 2.05) is 13.8 Å². The number of azide groups is 1. The Bertz CT molecular complexity index is 295. The number of rotatable bonds is 4. The third kappa shape index (κ3) is 3.47. The topological polar surface area (TPSA) is 110 Å². The van der Waals surface area contributed by atoms with Crippen LogP contribution in [0.3, 0.4) is 0 Å². The number of oxime groups is 1. The van der Waals surface area contributed by atoms with Crippen molar-refractivity contribution in [1.82, 2.24) is 5.32 Å². The van der Waals surface area contributed by atoms with Crippen LogP contribution in [0, 0.1) is 11.8 Å². The van der Waals surface area contributed by atoms with Crippen molar-refractivity contribution < 1.29 is 10.0 Å². The summed E-state index contributed by atoms with van der Waals surface area (Å²) in [4.78, 5) is 14.0. The number of hydrogen-bond donors (Lipinski definition) is 2. The highest BCUT2D eigenvalue weighted by Gasteiger charge is 2.28. The minimum Gasteiger partial charge on any atom is -0.411 e. The lowest BCUT2D eigenvalue weighted by atomic mass is 9.90. The van der Waals surface area contributed by atoms with E-state index in [0.717, 1.165) is 0 Å². The summed E-state index contributed by atoms with van der Waals surface area (Å²) in [7, 11) is 1.47. The molecule has 0 aromatic heterocycles. The van der Waals surface area contributed by atoms with Gasteiger partial charge in [-0.2, -0.15) is 0 Å². The second-order valence-corrected chi connectivity index (χ2v) is 3.13. The first-order valence-corrected chi connectivity index (χ1v) is 4.60. The molecule has 0 aliphatic heterocycles. The molecule has 0 spiro atoms. The number of carbonyl (C=O) groups excluding carboxylic acids is 1. The lowest BCUT2D eigenvalue weighted by molar-refractivity contribution is -0.123. The predicted molar refractivity (Wildman–Crippen MR) is 55.4 cm³/mol. The van der Waals surface area contributed by atoms with Crippen molar-refractivity contribution >= 4 is 11.7 Å². The molecule has 0 aliphatic rings. The predicted octanol–water partition coefficient (Wildman–Crippen LogP) is 1.49. The first-order chi connectivity index (χ1) is 7.12. The van der Waals surface area contributed by atoms with Crippen molar-refractivity contribution in [3.8, 4) is 0 Å². The molecule has 0 saturated carbocycles. The fourth-order valence-corrected chi connectivity index (χ4v) is 1.21. The van der Waals surface area contributed by atoms with E-state index in [4.69, 9.17) is 10.7 Å². The monoisotopic (exact) mass is 213 g/mol. The molecule has 0 heterocycles. The first kappa shape index (κ1) is 13.2. The maximum Gasteiger partial charge on any atom is 0.229 e. The number of nitrogens with one attached hydrogen (secondary N) is 1. The Morgan fingerprint density at radius 1 is 1.67 bits per heavy atom. The van der Waals surface area contributed by atoms with Gasteiger partial charge in [-0.15, -0.1) is 0 Å². The normalized spacial score (nSPS) is 15.0. The summed E-state index contributed by atoms with van der Waals surface area (Å²) in [6.07, 6.45) is 0.706. The molecule has 7 nitrogen and oxygen atoms in total. The molecule has 0 rings (SSSR count). The van der Waals surface area contributed by atoms with Gasteiger partial charge in [0.2, 0.25) is 5.91 Å². The summed E-state index contributed by atoms with van der Waals surface area (Å²) < 4.78 is 0. The molecular formula is C8H15N5O2. The zero-order valence-corrected chi connectivity index (χ0v) is 9.01. The average molecular weight is 213 g/mol. The van der Waals surface area contributed by atoms with Gasteiger partial charge >= 0.3 is 0 Å². The van der Waals surface area contributed by atoms with Crippen LogP contribution in [0.15, 0.2) is 10.3 Å². The van der Waals surface area contributed by atoms with Gasteiger partial charge in [0.15, 0.2) is 5.84 Å². The Morgan fingerprint density at radius 3 is 2.60 bits per heavy atom. The summed E-state index contributed by atoms with van der Waals surface area (Å²) in [5.41, 5.74) is 8.26. The minimum absolute atomic E-state index is 0.0682. The smallest absolute Gasteiger partial charge is 0.229 e. The van der Waals surface area contributed by atoms with Crippen LogP contribution in [0.2, 0.25) is 0 Å². The zero-order chi connectivity index (χ0) is 11.8. The van der Waals surface area contributed by atoms with Crippen molar-refractivity contribution in [2.75, 3.05) is 7.05 Å². The quantitative estimate of drug-likeness (QED) is 0.140. The summed E-state index contributed by atoms with van der Waals surface area (Å²) >= 11 is 0. The van der Waals surface area contributed by atoms with Gasteiger partial charge in [-0.1, -0.05) is 25.4 Å².